The quantitative estimate of drug-likeness (QED) is 0.711. The summed E-state index contributed by atoms with van der Waals surface area (Å²) in [5.41, 5.74) is 0.742. The summed E-state index contributed by atoms with van der Waals surface area (Å²) >= 11 is 5.39. The highest BCUT2D eigenvalue weighted by Gasteiger charge is 2.09. The smallest absolute Gasteiger partial charge is 0.153 e. The highest BCUT2D eigenvalue weighted by molar-refractivity contribution is 7.91. The first kappa shape index (κ1) is 14.1. The van der Waals surface area contributed by atoms with Crippen molar-refractivity contribution < 1.29 is 13.2 Å². The molecule has 0 spiro atoms. The standard InChI is InChI=1S/C11H15ClNO3S/c1-16-11-4-2-10(3-5-11)13-7-9-17(14,15)8-6-12/h2-5H,6-9H2,1H3. The number of sulfone groups is 1. The van der Waals surface area contributed by atoms with Crippen LogP contribution in [-0.4, -0.2) is 39.5 Å². The number of hydrogen-bond donors (Lipinski definition) is 0. The van der Waals surface area contributed by atoms with Crippen molar-refractivity contribution in [2.75, 3.05) is 31.0 Å². The third-order valence-electron chi connectivity index (χ3n) is 2.16. The third-order valence-corrected chi connectivity index (χ3v) is 4.20. The van der Waals surface area contributed by atoms with Gasteiger partial charge < -0.3 is 4.74 Å². The Kier molecular flexibility index (Phi) is 5.58. The van der Waals surface area contributed by atoms with Gasteiger partial charge in [-0.25, -0.2) is 8.42 Å². The van der Waals surface area contributed by atoms with E-state index in [1.54, 1.807) is 31.4 Å². The van der Waals surface area contributed by atoms with Crippen molar-refractivity contribution in [1.82, 2.24) is 5.32 Å². The summed E-state index contributed by atoms with van der Waals surface area (Å²) in [5.74, 6) is 0.919. The maximum absolute atomic E-state index is 11.4. The summed E-state index contributed by atoms with van der Waals surface area (Å²) < 4.78 is 27.7. The molecule has 0 unspecified atom stereocenters. The van der Waals surface area contributed by atoms with Gasteiger partial charge in [-0.05, 0) is 24.3 Å². The Morgan fingerprint density at radius 2 is 1.88 bits per heavy atom. The first-order valence-corrected chi connectivity index (χ1v) is 7.51. The number of nitrogens with zero attached hydrogens (tertiary/aromatic N) is 1. The molecule has 0 bridgehead atoms. The number of hydrogen-bond acceptors (Lipinski definition) is 3. The van der Waals surface area contributed by atoms with Gasteiger partial charge in [0.25, 0.3) is 0 Å². The average Bonchev–Trinajstić information content (AvgIpc) is 2.29. The van der Waals surface area contributed by atoms with Crippen molar-refractivity contribution in [3.63, 3.8) is 0 Å². The van der Waals surface area contributed by atoms with E-state index >= 15 is 0 Å². The molecular formula is C11H15ClNO3S. The maximum Gasteiger partial charge on any atom is 0.153 e. The second-order valence-electron chi connectivity index (χ2n) is 3.42. The number of ether oxygens (including phenoxy) is 1. The Labute approximate surface area is 107 Å². The molecule has 0 heterocycles. The van der Waals surface area contributed by atoms with Gasteiger partial charge in [-0.3, -0.25) is 5.32 Å². The Bertz CT molecular complexity index is 431. The molecule has 95 valence electrons. The molecule has 1 aromatic rings. The van der Waals surface area contributed by atoms with Crippen molar-refractivity contribution in [2.45, 2.75) is 0 Å². The van der Waals surface area contributed by atoms with E-state index in [0.717, 1.165) is 11.4 Å². The number of rotatable bonds is 7. The van der Waals surface area contributed by atoms with Crippen LogP contribution in [0, 0.1) is 0 Å². The fraction of sp³-hybridized carbons (Fsp3) is 0.455. The summed E-state index contributed by atoms with van der Waals surface area (Å²) in [6, 6.07) is 7.14. The molecule has 4 nitrogen and oxygen atoms in total. The van der Waals surface area contributed by atoms with E-state index in [1.165, 1.54) is 0 Å². The van der Waals surface area contributed by atoms with Gasteiger partial charge in [-0.2, -0.15) is 0 Å². The normalized spacial score (nSPS) is 11.2. The van der Waals surface area contributed by atoms with E-state index in [0.29, 0.717) is 0 Å². The molecule has 1 aromatic carbocycles. The molecular weight excluding hydrogens is 262 g/mol. The number of alkyl halides is 1. The van der Waals surface area contributed by atoms with Gasteiger partial charge in [0.05, 0.1) is 30.8 Å². The van der Waals surface area contributed by atoms with E-state index < -0.39 is 9.84 Å². The van der Waals surface area contributed by atoms with Crippen LogP contribution in [0.4, 0.5) is 5.69 Å². The second kappa shape index (κ2) is 6.71. The van der Waals surface area contributed by atoms with E-state index in [-0.39, 0.29) is 23.9 Å². The molecule has 0 saturated heterocycles. The fourth-order valence-corrected chi connectivity index (χ4v) is 2.74. The Hall–Kier alpha value is -0.940. The van der Waals surface area contributed by atoms with Crippen LogP contribution in [-0.2, 0) is 9.84 Å². The highest BCUT2D eigenvalue weighted by Crippen LogP contribution is 2.14. The van der Waals surface area contributed by atoms with Crippen molar-refractivity contribution in [2.24, 2.45) is 0 Å². The van der Waals surface area contributed by atoms with Gasteiger partial charge in [-0.15, -0.1) is 11.6 Å². The predicted octanol–water partition coefficient (Wildman–Crippen LogP) is 1.58. The van der Waals surface area contributed by atoms with Gasteiger partial charge in [0.15, 0.2) is 9.84 Å². The zero-order chi connectivity index (χ0) is 12.7. The molecule has 1 radical (unpaired) electrons. The highest BCUT2D eigenvalue weighted by atomic mass is 35.5. The first-order valence-electron chi connectivity index (χ1n) is 5.15. The molecule has 0 amide bonds. The van der Waals surface area contributed by atoms with Crippen LogP contribution < -0.4 is 10.1 Å². The van der Waals surface area contributed by atoms with Crippen LogP contribution in [0.2, 0.25) is 0 Å². The van der Waals surface area contributed by atoms with Crippen LogP contribution >= 0.6 is 11.6 Å². The third kappa shape index (κ3) is 5.28. The molecule has 0 aliphatic heterocycles. The summed E-state index contributed by atoms with van der Waals surface area (Å²) in [5, 5.41) is 4.17. The minimum Gasteiger partial charge on any atom is -0.497 e. The summed E-state index contributed by atoms with van der Waals surface area (Å²) in [4.78, 5) is 0. The van der Waals surface area contributed by atoms with Crippen LogP contribution in [0.3, 0.4) is 0 Å². The zero-order valence-corrected chi connectivity index (χ0v) is 11.2. The van der Waals surface area contributed by atoms with Crippen molar-refractivity contribution in [1.29, 1.82) is 0 Å². The van der Waals surface area contributed by atoms with E-state index in [4.69, 9.17) is 16.3 Å². The van der Waals surface area contributed by atoms with Crippen molar-refractivity contribution >= 4 is 27.1 Å². The van der Waals surface area contributed by atoms with Crippen LogP contribution in [0.5, 0.6) is 5.75 Å². The van der Waals surface area contributed by atoms with Crippen LogP contribution in [0.15, 0.2) is 24.3 Å². The SMILES string of the molecule is COc1ccc([N]CCS(=O)(=O)CCCl)cc1. The number of benzene rings is 1. The molecule has 0 atom stereocenters. The number of methoxy groups -OCH3 is 1. The average molecular weight is 277 g/mol. The minimum absolute atomic E-state index is 0.00664. The van der Waals surface area contributed by atoms with Crippen LogP contribution in [0.1, 0.15) is 0 Å². The maximum atomic E-state index is 11.4. The van der Waals surface area contributed by atoms with E-state index in [2.05, 4.69) is 5.32 Å². The van der Waals surface area contributed by atoms with Crippen LogP contribution in [0.25, 0.3) is 0 Å². The molecule has 0 aliphatic carbocycles. The van der Waals surface area contributed by atoms with Gasteiger partial charge in [0.2, 0.25) is 0 Å². The topological polar surface area (TPSA) is 57.5 Å². The van der Waals surface area contributed by atoms with Gasteiger partial charge in [0, 0.05) is 5.88 Å². The summed E-state index contributed by atoms with van der Waals surface area (Å²) in [7, 11) is -1.48. The van der Waals surface area contributed by atoms with Gasteiger partial charge in [-0.1, -0.05) is 0 Å². The van der Waals surface area contributed by atoms with Gasteiger partial charge in [0.1, 0.15) is 5.75 Å². The van der Waals surface area contributed by atoms with Crippen molar-refractivity contribution in [3.8, 4) is 5.75 Å². The Morgan fingerprint density at radius 3 is 2.41 bits per heavy atom. The zero-order valence-electron chi connectivity index (χ0n) is 9.60. The summed E-state index contributed by atoms with van der Waals surface area (Å²) in [6.45, 7) is 0.256. The molecule has 0 fully saturated rings. The molecule has 0 N–H and O–H groups in total. The lowest BCUT2D eigenvalue weighted by Crippen LogP contribution is -2.18. The summed E-state index contributed by atoms with van der Waals surface area (Å²) in [6.07, 6.45) is 0. The molecule has 1 rings (SSSR count). The largest absolute Gasteiger partial charge is 0.497 e. The molecule has 0 aromatic heterocycles. The minimum atomic E-state index is -3.07. The molecule has 0 aliphatic rings. The second-order valence-corrected chi connectivity index (χ2v) is 6.10. The van der Waals surface area contributed by atoms with E-state index in [9.17, 15) is 8.42 Å². The fourth-order valence-electron chi connectivity index (χ4n) is 1.22. The Balaban J connectivity index is 2.40. The monoisotopic (exact) mass is 276 g/mol. The van der Waals surface area contributed by atoms with E-state index in [1.807, 2.05) is 0 Å². The van der Waals surface area contributed by atoms with Gasteiger partial charge >= 0.3 is 0 Å². The lowest BCUT2D eigenvalue weighted by atomic mass is 10.3. The van der Waals surface area contributed by atoms with Crippen molar-refractivity contribution in [3.05, 3.63) is 24.3 Å². The molecule has 0 saturated carbocycles. The molecule has 6 heteroatoms. The Morgan fingerprint density at radius 1 is 1.24 bits per heavy atom. The first-order chi connectivity index (χ1) is 8.07. The predicted molar refractivity (Wildman–Crippen MR) is 69.0 cm³/mol. The lowest BCUT2D eigenvalue weighted by molar-refractivity contribution is 0.415. The number of halogens is 1. The molecule has 17 heavy (non-hydrogen) atoms. The lowest BCUT2D eigenvalue weighted by Gasteiger charge is -2.05.